The number of fused-ring (bicyclic) bond motifs is 1. The number of rotatable bonds is 7. The summed E-state index contributed by atoms with van der Waals surface area (Å²) in [4.78, 5) is 18.0. The molecule has 0 aliphatic rings. The minimum absolute atomic E-state index is 0.0375. The van der Waals surface area contributed by atoms with Gasteiger partial charge in [0.1, 0.15) is 5.75 Å². The van der Waals surface area contributed by atoms with Gasteiger partial charge in [-0.25, -0.2) is 4.98 Å². The molecule has 162 valence electrons. The van der Waals surface area contributed by atoms with E-state index in [1.165, 1.54) is 0 Å². The van der Waals surface area contributed by atoms with Crippen molar-refractivity contribution in [2.75, 3.05) is 6.61 Å². The van der Waals surface area contributed by atoms with Crippen LogP contribution in [0.1, 0.15) is 29.8 Å². The van der Waals surface area contributed by atoms with Gasteiger partial charge in [-0.15, -0.1) is 0 Å². The first-order valence-corrected chi connectivity index (χ1v) is 11.1. The van der Waals surface area contributed by atoms with Gasteiger partial charge in [-0.1, -0.05) is 41.9 Å². The van der Waals surface area contributed by atoms with Crippen molar-refractivity contribution in [2.24, 2.45) is 0 Å². The minimum Gasteiger partial charge on any atom is -0.494 e. The Balaban J connectivity index is 1.61. The molecule has 0 bridgehead atoms. The normalized spacial score (nSPS) is 11.8. The molecule has 3 aromatic carbocycles. The van der Waals surface area contributed by atoms with E-state index in [0.29, 0.717) is 17.2 Å². The van der Waals surface area contributed by atoms with E-state index in [0.717, 1.165) is 39.9 Å². The third-order valence-electron chi connectivity index (χ3n) is 5.25. The van der Waals surface area contributed by atoms with Crippen LogP contribution in [0.3, 0.4) is 0 Å². The molecule has 0 spiro atoms. The van der Waals surface area contributed by atoms with Crippen LogP contribution in [0.5, 0.6) is 5.75 Å². The number of pyridine rings is 1. The zero-order valence-electron chi connectivity index (χ0n) is 18.1. The number of halogens is 1. The topological polar surface area (TPSA) is 51.2 Å². The van der Waals surface area contributed by atoms with Crippen LogP contribution in [-0.2, 0) is 6.42 Å². The summed E-state index contributed by atoms with van der Waals surface area (Å²) >= 11 is 5.98. The zero-order chi connectivity index (χ0) is 22.5. The molecule has 0 radical (unpaired) electrons. The Kier molecular flexibility index (Phi) is 6.72. The second-order valence-corrected chi connectivity index (χ2v) is 8.17. The van der Waals surface area contributed by atoms with Gasteiger partial charge in [-0.3, -0.25) is 4.79 Å². The number of para-hydroxylation sites is 1. The molecule has 1 amide bonds. The lowest BCUT2D eigenvalue weighted by atomic mass is 10.0. The maximum atomic E-state index is 13.3. The van der Waals surface area contributed by atoms with Crippen LogP contribution in [-0.4, -0.2) is 23.5 Å². The van der Waals surface area contributed by atoms with Crippen molar-refractivity contribution in [3.63, 3.8) is 0 Å². The molecule has 5 heteroatoms. The summed E-state index contributed by atoms with van der Waals surface area (Å²) in [6, 6.07) is 25.0. The molecule has 1 atom stereocenters. The summed E-state index contributed by atoms with van der Waals surface area (Å²) in [5.74, 6) is 0.697. The van der Waals surface area contributed by atoms with E-state index in [1.54, 1.807) is 0 Å². The average molecular weight is 445 g/mol. The van der Waals surface area contributed by atoms with E-state index in [4.69, 9.17) is 21.3 Å². The Hall–Kier alpha value is -3.37. The number of benzene rings is 3. The van der Waals surface area contributed by atoms with Crippen molar-refractivity contribution in [1.82, 2.24) is 10.3 Å². The molecule has 0 saturated carbocycles. The largest absolute Gasteiger partial charge is 0.494 e. The summed E-state index contributed by atoms with van der Waals surface area (Å²) in [5.41, 5.74) is 4.21. The van der Waals surface area contributed by atoms with Crippen LogP contribution in [0.25, 0.3) is 22.2 Å². The summed E-state index contributed by atoms with van der Waals surface area (Å²) < 4.78 is 5.54. The van der Waals surface area contributed by atoms with Gasteiger partial charge in [0.2, 0.25) is 0 Å². The third kappa shape index (κ3) is 5.09. The van der Waals surface area contributed by atoms with Gasteiger partial charge in [0.15, 0.2) is 0 Å². The number of ether oxygens (including phenoxy) is 1. The highest BCUT2D eigenvalue weighted by Crippen LogP contribution is 2.26. The Bertz CT molecular complexity index is 1220. The molecule has 0 saturated heterocycles. The summed E-state index contributed by atoms with van der Waals surface area (Å²) in [6.07, 6.45) is 0.720. The highest BCUT2D eigenvalue weighted by Gasteiger charge is 2.16. The quantitative estimate of drug-likeness (QED) is 0.363. The predicted octanol–water partition coefficient (Wildman–Crippen LogP) is 6.31. The first-order chi connectivity index (χ1) is 15.5. The molecule has 0 aliphatic heterocycles. The molecule has 4 nitrogen and oxygen atoms in total. The Morgan fingerprint density at radius 1 is 1.03 bits per heavy atom. The number of nitrogens with zero attached hydrogens (tertiary/aromatic N) is 1. The lowest BCUT2D eigenvalue weighted by Crippen LogP contribution is -2.34. The van der Waals surface area contributed by atoms with E-state index in [1.807, 2.05) is 92.7 Å². The Morgan fingerprint density at radius 3 is 2.47 bits per heavy atom. The van der Waals surface area contributed by atoms with E-state index < -0.39 is 0 Å². The number of carbonyl (C=O) groups is 1. The maximum absolute atomic E-state index is 13.3. The maximum Gasteiger partial charge on any atom is 0.252 e. The molecule has 0 aliphatic carbocycles. The first-order valence-electron chi connectivity index (χ1n) is 10.7. The van der Waals surface area contributed by atoms with Crippen LogP contribution < -0.4 is 10.1 Å². The van der Waals surface area contributed by atoms with Crippen molar-refractivity contribution < 1.29 is 9.53 Å². The highest BCUT2D eigenvalue weighted by molar-refractivity contribution is 6.30. The molecule has 32 heavy (non-hydrogen) atoms. The van der Waals surface area contributed by atoms with Crippen LogP contribution in [0.4, 0.5) is 0 Å². The van der Waals surface area contributed by atoms with Gasteiger partial charge in [0.05, 0.1) is 23.4 Å². The smallest absolute Gasteiger partial charge is 0.252 e. The molecule has 1 heterocycles. The Morgan fingerprint density at radius 2 is 1.75 bits per heavy atom. The third-order valence-corrected chi connectivity index (χ3v) is 5.51. The molecule has 0 unspecified atom stereocenters. The summed E-state index contributed by atoms with van der Waals surface area (Å²) in [7, 11) is 0. The number of hydrogen-bond donors (Lipinski definition) is 1. The number of nitrogens with one attached hydrogen (secondary N) is 1. The molecule has 1 N–H and O–H groups in total. The molecule has 4 aromatic rings. The van der Waals surface area contributed by atoms with E-state index in [2.05, 4.69) is 5.32 Å². The van der Waals surface area contributed by atoms with Gasteiger partial charge in [-0.05, 0) is 74.4 Å². The fraction of sp³-hybridized carbons (Fsp3) is 0.185. The van der Waals surface area contributed by atoms with Crippen LogP contribution in [0.2, 0.25) is 5.02 Å². The van der Waals surface area contributed by atoms with Gasteiger partial charge >= 0.3 is 0 Å². The predicted molar refractivity (Wildman–Crippen MR) is 130 cm³/mol. The van der Waals surface area contributed by atoms with Crippen molar-refractivity contribution >= 4 is 28.4 Å². The van der Waals surface area contributed by atoms with Crippen LogP contribution >= 0.6 is 11.6 Å². The van der Waals surface area contributed by atoms with Gasteiger partial charge in [-0.2, -0.15) is 0 Å². The number of carbonyl (C=O) groups excluding carboxylic acids is 1. The van der Waals surface area contributed by atoms with Crippen molar-refractivity contribution in [2.45, 2.75) is 26.3 Å². The Labute approximate surface area is 193 Å². The fourth-order valence-electron chi connectivity index (χ4n) is 3.73. The number of aromatic nitrogens is 1. The van der Waals surface area contributed by atoms with Crippen molar-refractivity contribution in [1.29, 1.82) is 0 Å². The van der Waals surface area contributed by atoms with Crippen molar-refractivity contribution in [3.8, 4) is 17.0 Å². The highest BCUT2D eigenvalue weighted by atomic mass is 35.5. The molecule has 1 aromatic heterocycles. The molecular weight excluding hydrogens is 420 g/mol. The van der Waals surface area contributed by atoms with E-state index in [9.17, 15) is 4.79 Å². The van der Waals surface area contributed by atoms with Crippen LogP contribution in [0.15, 0.2) is 78.9 Å². The zero-order valence-corrected chi connectivity index (χ0v) is 18.9. The molecule has 4 rings (SSSR count). The monoisotopic (exact) mass is 444 g/mol. The minimum atomic E-state index is -0.114. The van der Waals surface area contributed by atoms with Gasteiger partial charge in [0, 0.05) is 22.0 Å². The summed E-state index contributed by atoms with van der Waals surface area (Å²) in [6.45, 7) is 4.58. The fourth-order valence-corrected chi connectivity index (χ4v) is 3.85. The lowest BCUT2D eigenvalue weighted by molar-refractivity contribution is 0.0941. The van der Waals surface area contributed by atoms with E-state index in [-0.39, 0.29) is 11.9 Å². The van der Waals surface area contributed by atoms with Gasteiger partial charge in [0.25, 0.3) is 5.91 Å². The first kappa shape index (κ1) is 21.8. The molecular formula is C27H25ClN2O2. The van der Waals surface area contributed by atoms with E-state index >= 15 is 0 Å². The molecule has 0 fully saturated rings. The SMILES string of the molecule is CCOc1ccc(-c2cc(C(=O)N[C@H](C)Cc3ccc(Cl)cc3)c3ccccc3n2)cc1. The lowest BCUT2D eigenvalue weighted by Gasteiger charge is -2.16. The standard InChI is InChI=1S/C27H25ClN2O2/c1-3-32-22-14-10-20(11-15-22)26-17-24(23-6-4-5-7-25(23)30-26)27(31)29-18(2)16-19-8-12-21(28)13-9-19/h4-15,17-18H,3,16H2,1-2H3,(H,29,31)/t18-/m1/s1. The van der Waals surface area contributed by atoms with Gasteiger partial charge < -0.3 is 10.1 Å². The second-order valence-electron chi connectivity index (χ2n) is 7.73. The number of hydrogen-bond acceptors (Lipinski definition) is 3. The number of amides is 1. The van der Waals surface area contributed by atoms with Crippen molar-refractivity contribution in [3.05, 3.63) is 95.0 Å². The second kappa shape index (κ2) is 9.84. The van der Waals surface area contributed by atoms with Crippen LogP contribution in [0, 0.1) is 0 Å². The summed E-state index contributed by atoms with van der Waals surface area (Å²) in [5, 5.41) is 4.67. The average Bonchev–Trinajstić information content (AvgIpc) is 2.80.